The highest BCUT2D eigenvalue weighted by atomic mass is 15.1. The largest absolute Gasteiger partial charge is 0.311 e. The first-order valence-corrected chi connectivity index (χ1v) is 6.74. The van der Waals surface area contributed by atoms with Gasteiger partial charge >= 0.3 is 0 Å². The molecule has 0 unspecified atom stereocenters. The molecule has 104 valence electrons. The first kappa shape index (κ1) is 15.6. The summed E-state index contributed by atoms with van der Waals surface area (Å²) in [6, 6.07) is 6.24. The van der Waals surface area contributed by atoms with Crippen LogP contribution < -0.4 is 5.32 Å². The number of nitrogens with one attached hydrogen (secondary N) is 1. The Kier molecular flexibility index (Phi) is 6.48. The van der Waals surface area contributed by atoms with Crippen LogP contribution in [-0.2, 0) is 6.54 Å². The fourth-order valence-corrected chi connectivity index (χ4v) is 1.82. The van der Waals surface area contributed by atoms with Crippen molar-refractivity contribution in [3.8, 4) is 6.07 Å². The maximum atomic E-state index is 8.73. The average Bonchev–Trinajstić information content (AvgIpc) is 2.35. The highest BCUT2D eigenvalue weighted by Gasteiger charge is 2.10. The summed E-state index contributed by atoms with van der Waals surface area (Å²) in [6.45, 7) is 10.00. The monoisotopic (exact) mass is 260 g/mol. The lowest BCUT2D eigenvalue weighted by Gasteiger charge is -2.25. The highest BCUT2D eigenvalue weighted by molar-refractivity contribution is 5.08. The van der Waals surface area contributed by atoms with Crippen molar-refractivity contribution in [1.29, 1.82) is 5.26 Å². The van der Waals surface area contributed by atoms with Crippen LogP contribution in [0.5, 0.6) is 0 Å². The van der Waals surface area contributed by atoms with Crippen LogP contribution in [0.4, 0.5) is 0 Å². The Morgan fingerprint density at radius 1 is 1.37 bits per heavy atom. The zero-order valence-electron chi connectivity index (χ0n) is 12.2. The van der Waals surface area contributed by atoms with Gasteiger partial charge in [-0.1, -0.05) is 6.07 Å². The molecule has 0 spiro atoms. The second kappa shape index (κ2) is 7.88. The standard InChI is InChI=1S/C15H24N4/c1-15(2,3)18-9-11-19(10-5-7-16)13-14-6-4-8-17-12-14/h4,6,8,12,18H,5,9-11,13H2,1-3H3. The smallest absolute Gasteiger partial charge is 0.0635 e. The number of hydrogen-bond donors (Lipinski definition) is 1. The predicted molar refractivity (Wildman–Crippen MR) is 77.5 cm³/mol. The third-order valence-electron chi connectivity index (χ3n) is 2.75. The molecule has 0 bridgehead atoms. The number of nitriles is 1. The molecular weight excluding hydrogens is 236 g/mol. The molecule has 0 aromatic carbocycles. The molecular formula is C15H24N4. The van der Waals surface area contributed by atoms with Crippen molar-refractivity contribution >= 4 is 0 Å². The molecule has 0 saturated heterocycles. The van der Waals surface area contributed by atoms with Crippen molar-refractivity contribution in [1.82, 2.24) is 15.2 Å². The second-order valence-electron chi connectivity index (χ2n) is 5.72. The molecule has 4 nitrogen and oxygen atoms in total. The van der Waals surface area contributed by atoms with E-state index in [0.717, 1.165) is 26.2 Å². The topological polar surface area (TPSA) is 52.0 Å². The summed E-state index contributed by atoms with van der Waals surface area (Å²) in [6.07, 6.45) is 4.23. The SMILES string of the molecule is CC(C)(C)NCCN(CCC#N)Cc1cccnc1. The number of nitrogens with zero attached hydrogens (tertiary/aromatic N) is 3. The van der Waals surface area contributed by atoms with E-state index in [0.29, 0.717) is 6.42 Å². The second-order valence-corrected chi connectivity index (χ2v) is 5.72. The van der Waals surface area contributed by atoms with Gasteiger partial charge in [0, 0.05) is 50.5 Å². The van der Waals surface area contributed by atoms with Gasteiger partial charge in [0.1, 0.15) is 0 Å². The maximum Gasteiger partial charge on any atom is 0.0635 e. The molecule has 0 aliphatic carbocycles. The predicted octanol–water partition coefficient (Wildman–Crippen LogP) is 2.19. The van der Waals surface area contributed by atoms with Crippen molar-refractivity contribution in [2.45, 2.75) is 39.3 Å². The summed E-state index contributed by atoms with van der Waals surface area (Å²) in [5.41, 5.74) is 1.33. The first-order chi connectivity index (χ1) is 9.01. The molecule has 0 amide bonds. The molecule has 0 aliphatic heterocycles. The Hall–Kier alpha value is -1.44. The summed E-state index contributed by atoms with van der Waals surface area (Å²) in [7, 11) is 0. The van der Waals surface area contributed by atoms with Gasteiger partial charge in [-0.05, 0) is 32.4 Å². The van der Waals surface area contributed by atoms with Gasteiger partial charge < -0.3 is 5.32 Å². The van der Waals surface area contributed by atoms with E-state index in [9.17, 15) is 0 Å². The van der Waals surface area contributed by atoms with E-state index in [2.05, 4.69) is 48.1 Å². The van der Waals surface area contributed by atoms with Crippen molar-refractivity contribution in [3.05, 3.63) is 30.1 Å². The zero-order chi connectivity index (χ0) is 14.1. The van der Waals surface area contributed by atoms with Crippen LogP contribution in [0.15, 0.2) is 24.5 Å². The van der Waals surface area contributed by atoms with Crippen molar-refractivity contribution in [2.75, 3.05) is 19.6 Å². The van der Waals surface area contributed by atoms with E-state index in [4.69, 9.17) is 5.26 Å². The minimum atomic E-state index is 0.134. The van der Waals surface area contributed by atoms with Crippen molar-refractivity contribution in [2.24, 2.45) is 0 Å². The minimum absolute atomic E-state index is 0.134. The Labute approximate surface area is 116 Å². The summed E-state index contributed by atoms with van der Waals surface area (Å²) < 4.78 is 0. The van der Waals surface area contributed by atoms with Gasteiger partial charge in [0.25, 0.3) is 0 Å². The third kappa shape index (κ3) is 7.55. The Balaban J connectivity index is 2.45. The number of aromatic nitrogens is 1. The van der Waals surface area contributed by atoms with Gasteiger partial charge in [-0.15, -0.1) is 0 Å². The molecule has 1 heterocycles. The zero-order valence-corrected chi connectivity index (χ0v) is 12.2. The van der Waals surface area contributed by atoms with Gasteiger partial charge in [-0.2, -0.15) is 5.26 Å². The van der Waals surface area contributed by atoms with Gasteiger partial charge in [0.15, 0.2) is 0 Å². The lowest BCUT2D eigenvalue weighted by molar-refractivity contribution is 0.258. The Morgan fingerprint density at radius 2 is 2.16 bits per heavy atom. The molecule has 19 heavy (non-hydrogen) atoms. The average molecular weight is 260 g/mol. The number of pyridine rings is 1. The first-order valence-electron chi connectivity index (χ1n) is 6.74. The lowest BCUT2D eigenvalue weighted by Crippen LogP contribution is -2.41. The van der Waals surface area contributed by atoms with Gasteiger partial charge in [-0.25, -0.2) is 0 Å². The molecule has 0 fully saturated rings. The summed E-state index contributed by atoms with van der Waals surface area (Å²) in [5.74, 6) is 0. The minimum Gasteiger partial charge on any atom is -0.311 e. The van der Waals surface area contributed by atoms with Crippen molar-refractivity contribution in [3.63, 3.8) is 0 Å². The molecule has 0 saturated carbocycles. The molecule has 1 aromatic rings. The van der Waals surface area contributed by atoms with Crippen LogP contribution in [0.1, 0.15) is 32.8 Å². The fraction of sp³-hybridized carbons (Fsp3) is 0.600. The van der Waals surface area contributed by atoms with E-state index < -0.39 is 0 Å². The normalized spacial score (nSPS) is 11.5. The van der Waals surface area contributed by atoms with Crippen LogP contribution in [-0.4, -0.2) is 35.1 Å². The molecule has 4 heteroatoms. The van der Waals surface area contributed by atoms with Crippen LogP contribution >= 0.6 is 0 Å². The maximum absolute atomic E-state index is 8.73. The molecule has 0 atom stereocenters. The number of rotatable bonds is 7. The highest BCUT2D eigenvalue weighted by Crippen LogP contribution is 2.04. The van der Waals surface area contributed by atoms with E-state index in [-0.39, 0.29) is 5.54 Å². The van der Waals surface area contributed by atoms with E-state index >= 15 is 0 Å². The molecule has 0 radical (unpaired) electrons. The quantitative estimate of drug-likeness (QED) is 0.816. The summed E-state index contributed by atoms with van der Waals surface area (Å²) in [5, 5.41) is 12.2. The molecule has 1 aromatic heterocycles. The summed E-state index contributed by atoms with van der Waals surface area (Å²) >= 11 is 0. The van der Waals surface area contributed by atoms with Crippen LogP contribution in [0.25, 0.3) is 0 Å². The Bertz CT molecular complexity index is 389. The molecule has 0 aliphatic rings. The Morgan fingerprint density at radius 3 is 2.74 bits per heavy atom. The van der Waals surface area contributed by atoms with Gasteiger partial charge in [0.05, 0.1) is 6.07 Å². The van der Waals surface area contributed by atoms with Gasteiger partial charge in [0.2, 0.25) is 0 Å². The van der Waals surface area contributed by atoms with E-state index in [1.807, 2.05) is 12.3 Å². The van der Waals surface area contributed by atoms with Crippen LogP contribution in [0, 0.1) is 11.3 Å². The third-order valence-corrected chi connectivity index (χ3v) is 2.75. The fourth-order valence-electron chi connectivity index (χ4n) is 1.82. The van der Waals surface area contributed by atoms with Crippen LogP contribution in [0.2, 0.25) is 0 Å². The van der Waals surface area contributed by atoms with E-state index in [1.165, 1.54) is 5.56 Å². The lowest BCUT2D eigenvalue weighted by atomic mass is 10.1. The summed E-state index contributed by atoms with van der Waals surface area (Å²) in [4.78, 5) is 6.42. The van der Waals surface area contributed by atoms with E-state index in [1.54, 1.807) is 6.20 Å². The van der Waals surface area contributed by atoms with Crippen LogP contribution in [0.3, 0.4) is 0 Å². The van der Waals surface area contributed by atoms with Gasteiger partial charge in [-0.3, -0.25) is 9.88 Å². The van der Waals surface area contributed by atoms with Crippen molar-refractivity contribution < 1.29 is 0 Å². The molecule has 1 N–H and O–H groups in total. The molecule has 1 rings (SSSR count). The number of hydrogen-bond acceptors (Lipinski definition) is 4.